The minimum absolute atomic E-state index is 0.0419. The molecule has 8 heteroatoms. The minimum atomic E-state index is -3.65. The number of rotatable bonds is 7. The van der Waals surface area contributed by atoms with E-state index in [1.165, 1.54) is 11.3 Å². The molecule has 1 heterocycles. The first-order valence-corrected chi connectivity index (χ1v) is 9.96. The normalized spacial score (nSPS) is 11.5. The monoisotopic (exact) mass is 367 g/mol. The Kier molecular flexibility index (Phi) is 5.95. The van der Waals surface area contributed by atoms with Crippen molar-refractivity contribution < 1.29 is 13.2 Å². The predicted octanol–water partition coefficient (Wildman–Crippen LogP) is 2.71. The fraction of sp³-hybridized carbons (Fsp3) is 0.375. The van der Waals surface area contributed by atoms with Crippen LogP contribution in [0.2, 0.25) is 0 Å². The number of hydrogen-bond donors (Lipinski definition) is 2. The molecule has 0 fully saturated rings. The zero-order chi connectivity index (χ0) is 17.7. The molecule has 0 radical (unpaired) electrons. The van der Waals surface area contributed by atoms with E-state index < -0.39 is 10.0 Å². The summed E-state index contributed by atoms with van der Waals surface area (Å²) in [5, 5.41) is 4.87. The van der Waals surface area contributed by atoms with Gasteiger partial charge in [-0.2, -0.15) is 0 Å². The second kappa shape index (κ2) is 7.76. The van der Waals surface area contributed by atoms with Gasteiger partial charge in [0.05, 0.1) is 10.6 Å². The fourth-order valence-corrected chi connectivity index (χ4v) is 3.99. The van der Waals surface area contributed by atoms with Crippen molar-refractivity contribution >= 4 is 32.4 Å². The Balaban J connectivity index is 1.98. The van der Waals surface area contributed by atoms with E-state index in [1.54, 1.807) is 29.6 Å². The van der Waals surface area contributed by atoms with E-state index in [1.807, 2.05) is 20.8 Å². The number of aromatic nitrogens is 1. The molecule has 6 nitrogen and oxygen atoms in total. The number of hydrogen-bond acceptors (Lipinski definition) is 5. The lowest BCUT2D eigenvalue weighted by molar-refractivity contribution is -0.121. The molecule has 2 N–H and O–H groups in total. The van der Waals surface area contributed by atoms with Gasteiger partial charge in [0.2, 0.25) is 5.91 Å². The fourth-order valence-electron chi connectivity index (χ4n) is 2.00. The topological polar surface area (TPSA) is 88.2 Å². The standard InChI is InChI=1S/C16H21N3O3S2/c1-11(2)17-15(20)9-6-13-10-23-16(18-13)19-24(21,22)14-7-4-12(3)5-8-14/h4-5,7-8,10-11H,6,9H2,1-3H3,(H,17,20)(H,18,19). The maximum Gasteiger partial charge on any atom is 0.263 e. The smallest absolute Gasteiger partial charge is 0.263 e. The van der Waals surface area contributed by atoms with Crippen LogP contribution in [0.4, 0.5) is 5.13 Å². The van der Waals surface area contributed by atoms with E-state index in [-0.39, 0.29) is 16.8 Å². The number of carbonyl (C=O) groups is 1. The first kappa shape index (κ1) is 18.4. The molecule has 0 atom stereocenters. The molecule has 1 aromatic carbocycles. The second-order valence-corrected chi connectivity index (χ2v) is 8.33. The number of amides is 1. The summed E-state index contributed by atoms with van der Waals surface area (Å²) < 4.78 is 27.1. The van der Waals surface area contributed by atoms with E-state index in [9.17, 15) is 13.2 Å². The van der Waals surface area contributed by atoms with Crippen molar-refractivity contribution in [1.82, 2.24) is 10.3 Å². The molecule has 0 aliphatic carbocycles. The lowest BCUT2D eigenvalue weighted by Crippen LogP contribution is -2.30. The van der Waals surface area contributed by atoms with Gasteiger partial charge in [-0.05, 0) is 39.3 Å². The van der Waals surface area contributed by atoms with Crippen LogP contribution in [0.1, 0.15) is 31.5 Å². The van der Waals surface area contributed by atoms with Gasteiger partial charge >= 0.3 is 0 Å². The van der Waals surface area contributed by atoms with Crippen LogP contribution in [0.15, 0.2) is 34.5 Å². The Morgan fingerprint density at radius 3 is 2.54 bits per heavy atom. The van der Waals surface area contributed by atoms with Crippen LogP contribution in [-0.2, 0) is 21.2 Å². The highest BCUT2D eigenvalue weighted by molar-refractivity contribution is 7.93. The number of nitrogens with zero attached hydrogens (tertiary/aromatic N) is 1. The molecular weight excluding hydrogens is 346 g/mol. The Labute approximate surface area is 146 Å². The van der Waals surface area contributed by atoms with Crippen LogP contribution in [0.25, 0.3) is 0 Å². The van der Waals surface area contributed by atoms with Gasteiger partial charge in [0, 0.05) is 17.8 Å². The molecule has 0 aliphatic rings. The van der Waals surface area contributed by atoms with Crippen molar-refractivity contribution in [2.24, 2.45) is 0 Å². The first-order valence-electron chi connectivity index (χ1n) is 7.59. The van der Waals surface area contributed by atoms with E-state index in [0.29, 0.717) is 23.7 Å². The molecule has 0 aliphatic heterocycles. The van der Waals surface area contributed by atoms with Crippen LogP contribution in [0.3, 0.4) is 0 Å². The summed E-state index contributed by atoms with van der Waals surface area (Å²) in [5.74, 6) is -0.0419. The van der Waals surface area contributed by atoms with Crippen LogP contribution in [0.5, 0.6) is 0 Å². The van der Waals surface area contributed by atoms with Gasteiger partial charge in [0.1, 0.15) is 0 Å². The maximum atomic E-state index is 12.3. The number of aryl methyl sites for hydroxylation is 2. The quantitative estimate of drug-likeness (QED) is 0.787. The average molecular weight is 367 g/mol. The lowest BCUT2D eigenvalue weighted by Gasteiger charge is -2.07. The van der Waals surface area contributed by atoms with E-state index in [2.05, 4.69) is 15.0 Å². The highest BCUT2D eigenvalue weighted by atomic mass is 32.2. The average Bonchev–Trinajstić information content (AvgIpc) is 2.91. The zero-order valence-electron chi connectivity index (χ0n) is 13.9. The van der Waals surface area contributed by atoms with Crippen molar-refractivity contribution in [3.8, 4) is 0 Å². The third-order valence-electron chi connectivity index (χ3n) is 3.16. The molecule has 130 valence electrons. The number of benzene rings is 1. The van der Waals surface area contributed by atoms with Crippen molar-refractivity contribution in [2.45, 2.75) is 44.6 Å². The summed E-state index contributed by atoms with van der Waals surface area (Å²) in [7, 11) is -3.65. The van der Waals surface area contributed by atoms with Crippen LogP contribution in [0, 0.1) is 6.92 Å². The summed E-state index contributed by atoms with van der Waals surface area (Å²) in [4.78, 5) is 16.1. The summed E-state index contributed by atoms with van der Waals surface area (Å²) in [6, 6.07) is 6.71. The summed E-state index contributed by atoms with van der Waals surface area (Å²) in [5.41, 5.74) is 1.69. The Hall–Kier alpha value is -1.93. The molecule has 1 amide bonds. The Morgan fingerprint density at radius 1 is 1.25 bits per heavy atom. The largest absolute Gasteiger partial charge is 0.354 e. The molecule has 0 saturated carbocycles. The molecule has 0 saturated heterocycles. The molecular formula is C16H21N3O3S2. The SMILES string of the molecule is Cc1ccc(S(=O)(=O)Nc2nc(CCC(=O)NC(C)C)cs2)cc1. The van der Waals surface area contributed by atoms with E-state index in [4.69, 9.17) is 0 Å². The number of carbonyl (C=O) groups excluding carboxylic acids is 1. The van der Waals surface area contributed by atoms with Gasteiger partial charge in [-0.3, -0.25) is 9.52 Å². The summed E-state index contributed by atoms with van der Waals surface area (Å²) >= 11 is 1.21. The summed E-state index contributed by atoms with van der Waals surface area (Å²) in [6.45, 7) is 5.70. The van der Waals surface area contributed by atoms with E-state index >= 15 is 0 Å². The molecule has 0 spiro atoms. The van der Waals surface area contributed by atoms with Crippen LogP contribution < -0.4 is 10.0 Å². The molecule has 0 bridgehead atoms. The van der Waals surface area contributed by atoms with Crippen molar-refractivity contribution in [1.29, 1.82) is 0 Å². The van der Waals surface area contributed by atoms with Gasteiger partial charge in [0.25, 0.3) is 10.0 Å². The summed E-state index contributed by atoms with van der Waals surface area (Å²) in [6.07, 6.45) is 0.799. The maximum absolute atomic E-state index is 12.3. The van der Waals surface area contributed by atoms with Crippen molar-refractivity contribution in [2.75, 3.05) is 4.72 Å². The van der Waals surface area contributed by atoms with Gasteiger partial charge in [0.15, 0.2) is 5.13 Å². The minimum Gasteiger partial charge on any atom is -0.354 e. The third-order valence-corrected chi connectivity index (χ3v) is 5.45. The van der Waals surface area contributed by atoms with Crippen LogP contribution >= 0.6 is 11.3 Å². The number of thiazole rings is 1. The number of sulfonamides is 1. The molecule has 2 aromatic rings. The van der Waals surface area contributed by atoms with Gasteiger partial charge in [-0.1, -0.05) is 17.7 Å². The zero-order valence-corrected chi connectivity index (χ0v) is 15.5. The molecule has 0 unspecified atom stereocenters. The number of anilines is 1. The molecule has 1 aromatic heterocycles. The van der Waals surface area contributed by atoms with Crippen molar-refractivity contribution in [3.05, 3.63) is 40.9 Å². The number of nitrogens with one attached hydrogen (secondary N) is 2. The second-order valence-electron chi connectivity index (χ2n) is 5.78. The van der Waals surface area contributed by atoms with Gasteiger partial charge < -0.3 is 5.32 Å². The molecule has 24 heavy (non-hydrogen) atoms. The third kappa shape index (κ3) is 5.31. The van der Waals surface area contributed by atoms with Gasteiger partial charge in [-0.15, -0.1) is 11.3 Å². The first-order chi connectivity index (χ1) is 11.3. The predicted molar refractivity (Wildman–Crippen MR) is 95.7 cm³/mol. The van der Waals surface area contributed by atoms with Gasteiger partial charge in [-0.25, -0.2) is 13.4 Å². The van der Waals surface area contributed by atoms with Crippen LogP contribution in [-0.4, -0.2) is 25.4 Å². The molecule has 2 rings (SSSR count). The lowest BCUT2D eigenvalue weighted by atomic mass is 10.2. The Bertz CT molecular complexity index is 796. The van der Waals surface area contributed by atoms with Crippen molar-refractivity contribution in [3.63, 3.8) is 0 Å². The highest BCUT2D eigenvalue weighted by Gasteiger charge is 2.16. The highest BCUT2D eigenvalue weighted by Crippen LogP contribution is 2.21. The Morgan fingerprint density at radius 2 is 1.92 bits per heavy atom. The van der Waals surface area contributed by atoms with E-state index in [0.717, 1.165) is 5.56 Å².